The minimum atomic E-state index is -4.70. The highest BCUT2D eigenvalue weighted by Gasteiger charge is 2.34. The first-order chi connectivity index (χ1) is 6.36. The van der Waals surface area contributed by atoms with Gasteiger partial charge in [0.15, 0.2) is 0 Å². The van der Waals surface area contributed by atoms with Gasteiger partial charge in [0.25, 0.3) is 0 Å². The molecule has 1 aromatic rings. The van der Waals surface area contributed by atoms with E-state index in [1.54, 1.807) is 6.26 Å². The summed E-state index contributed by atoms with van der Waals surface area (Å²) in [5, 5.41) is 0. The van der Waals surface area contributed by atoms with E-state index in [0.717, 1.165) is 17.8 Å². The van der Waals surface area contributed by atoms with Crippen LogP contribution in [-0.2, 0) is 6.18 Å². The summed E-state index contributed by atoms with van der Waals surface area (Å²) in [7, 11) is 0. The van der Waals surface area contributed by atoms with E-state index in [1.807, 2.05) is 0 Å². The summed E-state index contributed by atoms with van der Waals surface area (Å²) in [6.07, 6.45) is -3.09. The summed E-state index contributed by atoms with van der Waals surface area (Å²) in [6.45, 7) is 0. The van der Waals surface area contributed by atoms with E-state index in [-0.39, 0.29) is 5.69 Å². The number of anilines is 1. The zero-order valence-corrected chi connectivity index (χ0v) is 7.97. The van der Waals surface area contributed by atoms with Gasteiger partial charge in [-0.3, -0.25) is 0 Å². The maximum Gasteiger partial charge on any atom is 0.419 e. The molecule has 0 atom stereocenters. The molecule has 0 bridgehead atoms. The molecule has 0 aliphatic carbocycles. The Kier molecular flexibility index (Phi) is 2.94. The van der Waals surface area contributed by atoms with Crippen LogP contribution in [0.3, 0.4) is 0 Å². The van der Waals surface area contributed by atoms with Crippen molar-refractivity contribution in [1.82, 2.24) is 0 Å². The van der Waals surface area contributed by atoms with Crippen LogP contribution in [0.2, 0.25) is 0 Å². The highest BCUT2D eigenvalue weighted by molar-refractivity contribution is 7.98. The molecule has 0 aliphatic heterocycles. The number of hydrogen-bond acceptors (Lipinski definition) is 2. The van der Waals surface area contributed by atoms with Crippen molar-refractivity contribution in [2.75, 3.05) is 12.0 Å². The molecular formula is C8H7F4NS. The number of nitrogens with two attached hydrogens (primary N) is 1. The molecule has 0 aliphatic rings. The fourth-order valence-corrected chi connectivity index (χ4v) is 1.48. The first-order valence-corrected chi connectivity index (χ1v) is 4.79. The Labute approximate surface area is 82.3 Å². The first kappa shape index (κ1) is 11.2. The highest BCUT2D eigenvalue weighted by Crippen LogP contribution is 2.35. The van der Waals surface area contributed by atoms with E-state index in [4.69, 9.17) is 5.73 Å². The van der Waals surface area contributed by atoms with Gasteiger partial charge < -0.3 is 5.73 Å². The first-order valence-electron chi connectivity index (χ1n) is 3.56. The molecule has 0 saturated heterocycles. The summed E-state index contributed by atoms with van der Waals surface area (Å²) in [4.78, 5) is 0.301. The molecule has 0 fully saturated rings. The van der Waals surface area contributed by atoms with E-state index in [9.17, 15) is 17.6 Å². The van der Waals surface area contributed by atoms with Gasteiger partial charge in [-0.2, -0.15) is 13.2 Å². The van der Waals surface area contributed by atoms with E-state index in [2.05, 4.69) is 0 Å². The van der Waals surface area contributed by atoms with E-state index < -0.39 is 17.6 Å². The maximum atomic E-state index is 12.9. The summed E-state index contributed by atoms with van der Waals surface area (Å²) >= 11 is 1.10. The molecule has 0 unspecified atom stereocenters. The quantitative estimate of drug-likeness (QED) is 0.451. The lowest BCUT2D eigenvalue weighted by atomic mass is 10.2. The lowest BCUT2D eigenvalue weighted by molar-refractivity contribution is -0.140. The van der Waals surface area contributed by atoms with Gasteiger partial charge in [0, 0.05) is 10.6 Å². The van der Waals surface area contributed by atoms with Gasteiger partial charge in [0.2, 0.25) is 0 Å². The minimum absolute atomic E-state index is 0.0637. The van der Waals surface area contributed by atoms with Gasteiger partial charge in [0.05, 0.1) is 5.56 Å². The van der Waals surface area contributed by atoms with E-state index in [1.165, 1.54) is 0 Å². The minimum Gasteiger partial charge on any atom is -0.398 e. The lowest BCUT2D eigenvalue weighted by Gasteiger charge is -2.10. The number of thioether (sulfide) groups is 1. The molecule has 0 radical (unpaired) electrons. The van der Waals surface area contributed by atoms with Crippen molar-refractivity contribution in [2.45, 2.75) is 11.1 Å². The SMILES string of the molecule is CSc1cc(F)c(C(F)(F)F)cc1N. The zero-order valence-electron chi connectivity index (χ0n) is 7.15. The van der Waals surface area contributed by atoms with Gasteiger partial charge in [-0.1, -0.05) is 0 Å². The molecule has 78 valence electrons. The lowest BCUT2D eigenvalue weighted by Crippen LogP contribution is -2.09. The smallest absolute Gasteiger partial charge is 0.398 e. The predicted molar refractivity (Wildman–Crippen MR) is 47.6 cm³/mol. The van der Waals surface area contributed by atoms with Crippen LogP contribution in [0.4, 0.5) is 23.2 Å². The molecule has 0 aromatic heterocycles. The van der Waals surface area contributed by atoms with Crippen LogP contribution in [0.1, 0.15) is 5.56 Å². The second kappa shape index (κ2) is 3.68. The van der Waals surface area contributed by atoms with Crippen molar-refractivity contribution in [3.8, 4) is 0 Å². The monoisotopic (exact) mass is 225 g/mol. The normalized spacial score (nSPS) is 11.8. The molecule has 2 N–H and O–H groups in total. The number of benzene rings is 1. The van der Waals surface area contributed by atoms with Crippen molar-refractivity contribution in [3.05, 3.63) is 23.5 Å². The number of alkyl halides is 3. The van der Waals surface area contributed by atoms with E-state index >= 15 is 0 Å². The van der Waals surface area contributed by atoms with Crippen LogP contribution in [0.25, 0.3) is 0 Å². The molecule has 1 aromatic carbocycles. The Morgan fingerprint density at radius 1 is 1.29 bits per heavy atom. The largest absolute Gasteiger partial charge is 0.419 e. The number of nitrogen functional groups attached to an aromatic ring is 1. The standard InChI is InChI=1S/C8H7F4NS/c1-14-7-3-5(9)4(2-6(7)13)8(10,11)12/h2-3H,13H2,1H3. The summed E-state index contributed by atoms with van der Waals surface area (Å²) < 4.78 is 49.4. The topological polar surface area (TPSA) is 26.0 Å². The zero-order chi connectivity index (χ0) is 10.9. The Morgan fingerprint density at radius 2 is 1.86 bits per heavy atom. The molecular weight excluding hydrogens is 218 g/mol. The number of rotatable bonds is 1. The molecule has 14 heavy (non-hydrogen) atoms. The number of hydrogen-bond donors (Lipinski definition) is 1. The Balaban J connectivity index is 3.29. The Morgan fingerprint density at radius 3 is 2.29 bits per heavy atom. The molecule has 0 saturated carbocycles. The predicted octanol–water partition coefficient (Wildman–Crippen LogP) is 3.15. The third-order valence-corrected chi connectivity index (χ3v) is 2.42. The van der Waals surface area contributed by atoms with Crippen LogP contribution in [0.15, 0.2) is 17.0 Å². The second-order valence-corrected chi connectivity index (χ2v) is 3.42. The third-order valence-electron chi connectivity index (χ3n) is 1.62. The Hall–Kier alpha value is -0.910. The molecule has 1 rings (SSSR count). The average molecular weight is 225 g/mol. The fraction of sp³-hybridized carbons (Fsp3) is 0.250. The van der Waals surface area contributed by atoms with Crippen LogP contribution in [0, 0.1) is 5.82 Å². The molecule has 1 nitrogen and oxygen atoms in total. The van der Waals surface area contributed by atoms with Crippen molar-refractivity contribution >= 4 is 17.4 Å². The van der Waals surface area contributed by atoms with E-state index in [0.29, 0.717) is 11.0 Å². The van der Waals surface area contributed by atoms with Crippen molar-refractivity contribution in [2.24, 2.45) is 0 Å². The average Bonchev–Trinajstić information content (AvgIpc) is 2.06. The highest BCUT2D eigenvalue weighted by atomic mass is 32.2. The Bertz CT molecular complexity index is 348. The van der Waals surface area contributed by atoms with Gasteiger partial charge in [0.1, 0.15) is 5.82 Å². The van der Waals surface area contributed by atoms with Gasteiger partial charge in [-0.25, -0.2) is 4.39 Å². The maximum absolute atomic E-state index is 12.9. The van der Waals surface area contributed by atoms with Crippen LogP contribution in [-0.4, -0.2) is 6.26 Å². The van der Waals surface area contributed by atoms with Crippen molar-refractivity contribution in [3.63, 3.8) is 0 Å². The fourth-order valence-electron chi connectivity index (χ4n) is 0.966. The molecule has 0 spiro atoms. The summed E-state index contributed by atoms with van der Waals surface area (Å²) in [6, 6.07) is 1.41. The van der Waals surface area contributed by atoms with Crippen molar-refractivity contribution in [1.29, 1.82) is 0 Å². The van der Waals surface area contributed by atoms with Crippen LogP contribution in [0.5, 0.6) is 0 Å². The molecule has 0 amide bonds. The summed E-state index contributed by atoms with van der Waals surface area (Å²) in [5.41, 5.74) is 3.92. The van der Waals surface area contributed by atoms with Gasteiger partial charge in [-0.15, -0.1) is 11.8 Å². The number of halogens is 4. The van der Waals surface area contributed by atoms with Gasteiger partial charge in [-0.05, 0) is 18.4 Å². The van der Waals surface area contributed by atoms with Crippen molar-refractivity contribution < 1.29 is 17.6 Å². The third kappa shape index (κ3) is 2.12. The molecule has 6 heteroatoms. The second-order valence-electron chi connectivity index (χ2n) is 2.57. The van der Waals surface area contributed by atoms with Crippen LogP contribution >= 0.6 is 11.8 Å². The summed E-state index contributed by atoms with van der Waals surface area (Å²) in [5.74, 6) is -1.30. The van der Waals surface area contributed by atoms with Crippen LogP contribution < -0.4 is 5.73 Å². The molecule has 0 heterocycles. The van der Waals surface area contributed by atoms with Gasteiger partial charge >= 0.3 is 6.18 Å².